The second-order valence-corrected chi connectivity index (χ2v) is 5.23. The number of amides is 1. The molecule has 0 radical (unpaired) electrons. The number of benzene rings is 1. The van der Waals surface area contributed by atoms with E-state index >= 15 is 0 Å². The van der Waals surface area contributed by atoms with Crippen LogP contribution in [0.15, 0.2) is 24.3 Å². The SMILES string of the molecule is CC(NC(=O)CC1CCCN1)c1ccc(OC(F)F)cc1. The number of rotatable bonds is 6. The van der Waals surface area contributed by atoms with Gasteiger partial charge in [-0.1, -0.05) is 12.1 Å². The number of ether oxygens (including phenoxy) is 1. The van der Waals surface area contributed by atoms with Gasteiger partial charge in [0.25, 0.3) is 0 Å². The van der Waals surface area contributed by atoms with Crippen LogP contribution in [0.5, 0.6) is 5.75 Å². The van der Waals surface area contributed by atoms with Crippen molar-refractivity contribution in [3.05, 3.63) is 29.8 Å². The Balaban J connectivity index is 1.84. The molecule has 116 valence electrons. The first-order chi connectivity index (χ1) is 10.0. The minimum atomic E-state index is -2.83. The molecule has 0 saturated carbocycles. The number of alkyl halides is 2. The molecule has 1 heterocycles. The van der Waals surface area contributed by atoms with Crippen molar-refractivity contribution in [2.24, 2.45) is 0 Å². The first kappa shape index (κ1) is 15.7. The lowest BCUT2D eigenvalue weighted by atomic mass is 10.1. The third-order valence-corrected chi connectivity index (χ3v) is 3.58. The first-order valence-corrected chi connectivity index (χ1v) is 7.12. The second kappa shape index (κ2) is 7.36. The highest BCUT2D eigenvalue weighted by Gasteiger charge is 2.19. The van der Waals surface area contributed by atoms with Gasteiger partial charge in [0, 0.05) is 12.5 Å². The summed E-state index contributed by atoms with van der Waals surface area (Å²) in [6.45, 7) is 0.00841. The molecule has 0 spiro atoms. The molecule has 1 amide bonds. The van der Waals surface area contributed by atoms with Gasteiger partial charge >= 0.3 is 6.61 Å². The van der Waals surface area contributed by atoms with E-state index in [9.17, 15) is 13.6 Å². The predicted octanol–water partition coefficient (Wildman–Crippen LogP) is 2.61. The van der Waals surface area contributed by atoms with Crippen LogP contribution in [-0.4, -0.2) is 25.1 Å². The normalized spacial score (nSPS) is 19.5. The van der Waals surface area contributed by atoms with Crippen molar-refractivity contribution in [3.63, 3.8) is 0 Å². The molecule has 4 nitrogen and oxygen atoms in total. The van der Waals surface area contributed by atoms with Crippen molar-refractivity contribution in [1.82, 2.24) is 10.6 Å². The van der Waals surface area contributed by atoms with Crippen LogP contribution in [0.25, 0.3) is 0 Å². The second-order valence-electron chi connectivity index (χ2n) is 5.23. The van der Waals surface area contributed by atoms with Crippen molar-refractivity contribution in [3.8, 4) is 5.75 Å². The maximum absolute atomic E-state index is 12.1. The van der Waals surface area contributed by atoms with Crippen LogP contribution in [0.1, 0.15) is 37.8 Å². The van der Waals surface area contributed by atoms with Crippen LogP contribution in [0.4, 0.5) is 8.78 Å². The largest absolute Gasteiger partial charge is 0.435 e. The van der Waals surface area contributed by atoms with Gasteiger partial charge < -0.3 is 15.4 Å². The zero-order chi connectivity index (χ0) is 15.2. The van der Waals surface area contributed by atoms with E-state index in [-0.39, 0.29) is 23.7 Å². The highest BCUT2D eigenvalue weighted by atomic mass is 19.3. The van der Waals surface area contributed by atoms with E-state index in [2.05, 4.69) is 15.4 Å². The Hall–Kier alpha value is -1.69. The van der Waals surface area contributed by atoms with Crippen LogP contribution in [-0.2, 0) is 4.79 Å². The highest BCUT2D eigenvalue weighted by Crippen LogP contribution is 2.19. The van der Waals surface area contributed by atoms with E-state index < -0.39 is 6.61 Å². The van der Waals surface area contributed by atoms with E-state index in [1.54, 1.807) is 12.1 Å². The van der Waals surface area contributed by atoms with Gasteiger partial charge in [0.05, 0.1) is 6.04 Å². The summed E-state index contributed by atoms with van der Waals surface area (Å²) in [7, 11) is 0. The molecule has 6 heteroatoms. The molecule has 0 aliphatic carbocycles. The average Bonchev–Trinajstić information content (AvgIpc) is 2.91. The molecule has 2 rings (SSSR count). The Labute approximate surface area is 122 Å². The minimum absolute atomic E-state index is 0.00481. The predicted molar refractivity (Wildman–Crippen MR) is 75.3 cm³/mol. The highest BCUT2D eigenvalue weighted by molar-refractivity contribution is 5.77. The van der Waals surface area contributed by atoms with Crippen LogP contribution >= 0.6 is 0 Å². The smallest absolute Gasteiger partial charge is 0.387 e. The fraction of sp³-hybridized carbons (Fsp3) is 0.533. The molecule has 2 atom stereocenters. The third-order valence-electron chi connectivity index (χ3n) is 3.58. The van der Waals surface area contributed by atoms with Gasteiger partial charge in [-0.25, -0.2) is 0 Å². The van der Waals surface area contributed by atoms with E-state index in [1.807, 2.05) is 6.92 Å². The third kappa shape index (κ3) is 4.97. The van der Waals surface area contributed by atoms with Gasteiger partial charge in [-0.3, -0.25) is 4.79 Å². The van der Waals surface area contributed by atoms with Gasteiger partial charge in [0.2, 0.25) is 5.91 Å². The van der Waals surface area contributed by atoms with Gasteiger partial charge in [0.15, 0.2) is 0 Å². The summed E-state index contributed by atoms with van der Waals surface area (Å²) in [6.07, 6.45) is 2.61. The van der Waals surface area contributed by atoms with Crippen molar-refractivity contribution in [2.75, 3.05) is 6.54 Å². The van der Waals surface area contributed by atoms with E-state index in [1.165, 1.54) is 12.1 Å². The molecule has 1 aliphatic rings. The average molecular weight is 298 g/mol. The lowest BCUT2D eigenvalue weighted by molar-refractivity contribution is -0.122. The zero-order valence-corrected chi connectivity index (χ0v) is 11.9. The van der Waals surface area contributed by atoms with E-state index in [0.717, 1.165) is 24.9 Å². The minimum Gasteiger partial charge on any atom is -0.435 e. The van der Waals surface area contributed by atoms with Crippen molar-refractivity contribution < 1.29 is 18.3 Å². The molecule has 1 fully saturated rings. The lowest BCUT2D eigenvalue weighted by Crippen LogP contribution is -2.33. The first-order valence-electron chi connectivity index (χ1n) is 7.12. The molecule has 1 aromatic rings. The van der Waals surface area contributed by atoms with Crippen molar-refractivity contribution >= 4 is 5.91 Å². The van der Waals surface area contributed by atoms with Gasteiger partial charge in [-0.05, 0) is 44.0 Å². The molecule has 2 N–H and O–H groups in total. The molecule has 2 unspecified atom stereocenters. The topological polar surface area (TPSA) is 50.4 Å². The number of hydrogen-bond donors (Lipinski definition) is 2. The molecule has 0 aromatic heterocycles. The molecule has 21 heavy (non-hydrogen) atoms. The Morgan fingerprint density at radius 1 is 1.43 bits per heavy atom. The van der Waals surface area contributed by atoms with Crippen LogP contribution in [0.3, 0.4) is 0 Å². The molecule has 1 aromatic carbocycles. The molecular weight excluding hydrogens is 278 g/mol. The fourth-order valence-electron chi connectivity index (χ4n) is 2.48. The standard InChI is InChI=1S/C15H20F2N2O2/c1-10(19-14(20)9-12-3-2-8-18-12)11-4-6-13(7-5-11)21-15(16)17/h4-7,10,12,15,18H,2-3,8-9H2,1H3,(H,19,20). The van der Waals surface area contributed by atoms with Crippen LogP contribution < -0.4 is 15.4 Å². The van der Waals surface area contributed by atoms with Gasteiger partial charge in [0.1, 0.15) is 5.75 Å². The van der Waals surface area contributed by atoms with Gasteiger partial charge in [-0.15, -0.1) is 0 Å². The number of hydrogen-bond acceptors (Lipinski definition) is 3. The van der Waals surface area contributed by atoms with Crippen LogP contribution in [0, 0.1) is 0 Å². The number of carbonyl (C=O) groups excluding carboxylic acids is 1. The molecular formula is C15H20F2N2O2. The summed E-state index contributed by atoms with van der Waals surface area (Å²) in [5.41, 5.74) is 0.851. The summed E-state index contributed by atoms with van der Waals surface area (Å²) >= 11 is 0. The molecule has 0 bridgehead atoms. The van der Waals surface area contributed by atoms with Crippen molar-refractivity contribution in [1.29, 1.82) is 0 Å². The lowest BCUT2D eigenvalue weighted by Gasteiger charge is -2.17. The Morgan fingerprint density at radius 3 is 2.71 bits per heavy atom. The summed E-state index contributed by atoms with van der Waals surface area (Å²) in [5.74, 6) is 0.109. The quantitative estimate of drug-likeness (QED) is 0.849. The fourth-order valence-corrected chi connectivity index (χ4v) is 2.48. The Morgan fingerprint density at radius 2 is 2.14 bits per heavy atom. The maximum Gasteiger partial charge on any atom is 0.387 e. The number of carbonyl (C=O) groups is 1. The van der Waals surface area contributed by atoms with E-state index in [4.69, 9.17) is 0 Å². The monoisotopic (exact) mass is 298 g/mol. The maximum atomic E-state index is 12.1. The van der Waals surface area contributed by atoms with Crippen LogP contribution in [0.2, 0.25) is 0 Å². The summed E-state index contributed by atoms with van der Waals surface area (Å²) in [6, 6.07) is 6.40. The summed E-state index contributed by atoms with van der Waals surface area (Å²) in [4.78, 5) is 11.9. The summed E-state index contributed by atoms with van der Waals surface area (Å²) in [5, 5.41) is 6.19. The van der Waals surface area contributed by atoms with E-state index in [0.29, 0.717) is 6.42 Å². The Kier molecular flexibility index (Phi) is 5.50. The zero-order valence-electron chi connectivity index (χ0n) is 11.9. The van der Waals surface area contributed by atoms with Crippen molar-refractivity contribution in [2.45, 2.75) is 44.9 Å². The molecule has 1 aliphatic heterocycles. The number of halogens is 2. The van der Waals surface area contributed by atoms with Gasteiger partial charge in [-0.2, -0.15) is 8.78 Å². The Bertz CT molecular complexity index is 459. The number of nitrogens with one attached hydrogen (secondary N) is 2. The molecule has 1 saturated heterocycles. The summed E-state index contributed by atoms with van der Waals surface area (Å²) < 4.78 is 28.4.